The Morgan fingerprint density at radius 2 is 0.625 bits per heavy atom. The molecule has 0 aliphatic rings. The highest BCUT2D eigenvalue weighted by Gasteiger charge is 2.19. The third-order valence-corrected chi connectivity index (χ3v) is 11.5. The second-order valence-electron chi connectivity index (χ2n) is 17.8. The van der Waals surface area contributed by atoms with E-state index in [2.05, 4.69) is 93.7 Å². The summed E-state index contributed by atoms with van der Waals surface area (Å²) in [7, 11) is 0. The van der Waals surface area contributed by atoms with E-state index in [-0.39, 0.29) is 31.1 Å². The highest BCUT2D eigenvalue weighted by Crippen LogP contribution is 2.15. The van der Waals surface area contributed by atoms with Crippen LogP contribution < -0.4 is 0 Å². The van der Waals surface area contributed by atoms with Crippen LogP contribution in [0.15, 0.2) is 72.9 Å². The number of ether oxygens (including phenoxy) is 3. The lowest BCUT2D eigenvalue weighted by atomic mass is 10.1. The fraction of sp³-hybridized carbons (Fsp3) is 0.741. The molecular weight excluding hydrogens is 793 g/mol. The lowest BCUT2D eigenvalue weighted by molar-refractivity contribution is -0.167. The van der Waals surface area contributed by atoms with Crippen LogP contribution in [0, 0.1) is 0 Å². The summed E-state index contributed by atoms with van der Waals surface area (Å²) in [6, 6.07) is 0. The maximum Gasteiger partial charge on any atom is 0.306 e. The average Bonchev–Trinajstić information content (AvgIpc) is 3.29. The molecule has 0 aromatic heterocycles. The van der Waals surface area contributed by atoms with Crippen molar-refractivity contribution in [1.82, 2.24) is 0 Å². The molecular formula is C58H100O6. The van der Waals surface area contributed by atoms with Gasteiger partial charge < -0.3 is 14.2 Å². The van der Waals surface area contributed by atoms with E-state index in [9.17, 15) is 14.4 Å². The third-order valence-electron chi connectivity index (χ3n) is 11.5. The minimum atomic E-state index is -0.792. The molecule has 0 rings (SSSR count). The Balaban J connectivity index is 4.39. The molecule has 0 saturated carbocycles. The highest BCUT2D eigenvalue weighted by molar-refractivity contribution is 5.71. The first kappa shape index (κ1) is 60.9. The normalized spacial score (nSPS) is 12.6. The standard InChI is InChI=1S/C58H100O6/c1-4-7-10-13-16-19-22-25-27-28-29-30-31-34-36-39-42-45-48-51-57(60)63-54-55(53-62-56(59)50-47-44-41-38-35-32-24-21-18-15-12-9-6-3)64-58(61)52-49-46-43-40-37-33-26-23-20-17-14-11-8-5-2/h9,12,15-16,18-19,21-22,24-25,33,37,55H,4-8,10-11,13-14,17,20,23,26-32,34-36,38-54H2,1-3H3/b12-9+,18-15+,19-16+,24-21+,25-22+,37-33+. The minimum absolute atomic E-state index is 0.0898. The van der Waals surface area contributed by atoms with Crippen molar-refractivity contribution in [1.29, 1.82) is 0 Å². The number of hydrogen-bond acceptors (Lipinski definition) is 6. The van der Waals surface area contributed by atoms with Crippen LogP contribution in [0.4, 0.5) is 0 Å². The number of esters is 3. The van der Waals surface area contributed by atoms with Crippen molar-refractivity contribution in [3.8, 4) is 0 Å². The number of hydrogen-bond donors (Lipinski definition) is 0. The molecule has 0 aliphatic carbocycles. The molecule has 1 atom stereocenters. The van der Waals surface area contributed by atoms with Gasteiger partial charge in [-0.1, -0.05) is 222 Å². The number of unbranched alkanes of at least 4 members (excludes halogenated alkanes) is 28. The van der Waals surface area contributed by atoms with E-state index in [0.29, 0.717) is 19.3 Å². The fourth-order valence-corrected chi connectivity index (χ4v) is 7.43. The van der Waals surface area contributed by atoms with Crippen molar-refractivity contribution in [3.63, 3.8) is 0 Å². The molecule has 6 heteroatoms. The zero-order chi connectivity index (χ0) is 46.5. The number of allylic oxidation sites excluding steroid dienone is 12. The molecule has 0 heterocycles. The van der Waals surface area contributed by atoms with Gasteiger partial charge in [-0.3, -0.25) is 14.4 Å². The molecule has 0 spiro atoms. The highest BCUT2D eigenvalue weighted by atomic mass is 16.6. The van der Waals surface area contributed by atoms with Gasteiger partial charge in [0.05, 0.1) is 0 Å². The maximum absolute atomic E-state index is 12.8. The van der Waals surface area contributed by atoms with Gasteiger partial charge in [0, 0.05) is 19.3 Å². The van der Waals surface area contributed by atoms with Crippen LogP contribution in [0.25, 0.3) is 0 Å². The Morgan fingerprint density at radius 1 is 0.328 bits per heavy atom. The van der Waals surface area contributed by atoms with E-state index in [1.165, 1.54) is 122 Å². The molecule has 0 fully saturated rings. The SMILES string of the molecule is CC/C=C/C=C/C=C/CCCCCCCC(=O)OCC(COC(=O)CCCCCCCCCCCC/C=C/C=C/CCCCC)OC(=O)CCCCC/C=C/CCCCCCCCC. The largest absolute Gasteiger partial charge is 0.462 e. The molecule has 0 N–H and O–H groups in total. The number of carbonyl (C=O) groups excluding carboxylic acids is 3. The van der Waals surface area contributed by atoms with Crippen molar-refractivity contribution < 1.29 is 28.6 Å². The van der Waals surface area contributed by atoms with Crippen molar-refractivity contribution in [2.45, 2.75) is 264 Å². The van der Waals surface area contributed by atoms with E-state index in [4.69, 9.17) is 14.2 Å². The second kappa shape index (κ2) is 52.5. The molecule has 0 amide bonds. The molecule has 1 unspecified atom stereocenters. The molecule has 0 aliphatic heterocycles. The van der Waals surface area contributed by atoms with Gasteiger partial charge in [-0.05, 0) is 89.9 Å². The van der Waals surface area contributed by atoms with Gasteiger partial charge in [0.2, 0.25) is 0 Å². The number of carbonyl (C=O) groups is 3. The Hall–Kier alpha value is -3.15. The van der Waals surface area contributed by atoms with E-state index >= 15 is 0 Å². The van der Waals surface area contributed by atoms with E-state index < -0.39 is 6.10 Å². The van der Waals surface area contributed by atoms with Crippen LogP contribution in [0.5, 0.6) is 0 Å². The summed E-state index contributed by atoms with van der Waals surface area (Å²) in [6.45, 7) is 6.45. The van der Waals surface area contributed by atoms with Gasteiger partial charge >= 0.3 is 17.9 Å². The summed E-state index contributed by atoms with van der Waals surface area (Å²) >= 11 is 0. The van der Waals surface area contributed by atoms with E-state index in [1.807, 2.05) is 0 Å². The summed E-state index contributed by atoms with van der Waals surface area (Å²) in [6.07, 6.45) is 66.0. The van der Waals surface area contributed by atoms with Crippen LogP contribution in [0.1, 0.15) is 258 Å². The van der Waals surface area contributed by atoms with Gasteiger partial charge in [-0.25, -0.2) is 0 Å². The minimum Gasteiger partial charge on any atom is -0.462 e. The first-order valence-corrected chi connectivity index (χ1v) is 27.0. The third kappa shape index (κ3) is 49.9. The monoisotopic (exact) mass is 893 g/mol. The molecule has 6 nitrogen and oxygen atoms in total. The predicted octanol–water partition coefficient (Wildman–Crippen LogP) is 17.8. The quantitative estimate of drug-likeness (QED) is 0.0199. The van der Waals surface area contributed by atoms with Crippen LogP contribution in [-0.4, -0.2) is 37.2 Å². The van der Waals surface area contributed by atoms with Crippen LogP contribution >= 0.6 is 0 Å². The van der Waals surface area contributed by atoms with Crippen molar-refractivity contribution in [3.05, 3.63) is 72.9 Å². The zero-order valence-corrected chi connectivity index (χ0v) is 42.0. The first-order chi connectivity index (χ1) is 31.5. The topological polar surface area (TPSA) is 78.9 Å². The summed E-state index contributed by atoms with van der Waals surface area (Å²) in [5.74, 6) is -0.927. The average molecular weight is 893 g/mol. The van der Waals surface area contributed by atoms with E-state index in [0.717, 1.165) is 96.3 Å². The smallest absolute Gasteiger partial charge is 0.306 e. The van der Waals surface area contributed by atoms with Gasteiger partial charge in [-0.15, -0.1) is 0 Å². The van der Waals surface area contributed by atoms with Crippen LogP contribution in [-0.2, 0) is 28.6 Å². The Labute approximate surface area is 395 Å². The second-order valence-corrected chi connectivity index (χ2v) is 17.8. The molecule has 0 saturated heterocycles. The summed E-state index contributed by atoms with van der Waals surface area (Å²) in [5, 5.41) is 0. The predicted molar refractivity (Wildman–Crippen MR) is 274 cm³/mol. The molecule has 64 heavy (non-hydrogen) atoms. The van der Waals surface area contributed by atoms with Gasteiger partial charge in [-0.2, -0.15) is 0 Å². The van der Waals surface area contributed by atoms with Crippen LogP contribution in [0.3, 0.4) is 0 Å². The first-order valence-electron chi connectivity index (χ1n) is 27.0. The molecule has 0 aromatic carbocycles. The van der Waals surface area contributed by atoms with Gasteiger partial charge in [0.15, 0.2) is 6.10 Å². The fourth-order valence-electron chi connectivity index (χ4n) is 7.43. The molecule has 368 valence electrons. The van der Waals surface area contributed by atoms with Crippen molar-refractivity contribution >= 4 is 17.9 Å². The van der Waals surface area contributed by atoms with E-state index in [1.54, 1.807) is 0 Å². The zero-order valence-electron chi connectivity index (χ0n) is 42.0. The van der Waals surface area contributed by atoms with Crippen molar-refractivity contribution in [2.24, 2.45) is 0 Å². The van der Waals surface area contributed by atoms with Gasteiger partial charge in [0.1, 0.15) is 13.2 Å². The van der Waals surface area contributed by atoms with Gasteiger partial charge in [0.25, 0.3) is 0 Å². The lowest BCUT2D eigenvalue weighted by Crippen LogP contribution is -2.30. The summed E-state index contributed by atoms with van der Waals surface area (Å²) in [5.41, 5.74) is 0. The Bertz CT molecular complexity index is 1210. The number of rotatable bonds is 48. The molecule has 0 aromatic rings. The summed E-state index contributed by atoms with van der Waals surface area (Å²) in [4.78, 5) is 38.0. The molecule has 0 radical (unpaired) electrons. The van der Waals surface area contributed by atoms with Crippen molar-refractivity contribution in [2.75, 3.05) is 13.2 Å². The summed E-state index contributed by atoms with van der Waals surface area (Å²) < 4.78 is 16.8. The Kier molecular flexibility index (Phi) is 49.9. The van der Waals surface area contributed by atoms with Crippen LogP contribution in [0.2, 0.25) is 0 Å². The lowest BCUT2D eigenvalue weighted by Gasteiger charge is -2.18. The maximum atomic E-state index is 12.8. The molecule has 0 bridgehead atoms. The Morgan fingerprint density at radius 3 is 1.05 bits per heavy atom.